The average molecular weight is 333 g/mol. The highest BCUT2D eigenvalue weighted by atomic mass is 16.5. The molecule has 126 valence electrons. The van der Waals surface area contributed by atoms with Crippen LogP contribution in [0.3, 0.4) is 0 Å². The zero-order chi connectivity index (χ0) is 17.7. The predicted molar refractivity (Wildman–Crippen MR) is 96.6 cm³/mol. The van der Waals surface area contributed by atoms with Crippen molar-refractivity contribution in [3.05, 3.63) is 70.4 Å². The van der Waals surface area contributed by atoms with Gasteiger partial charge >= 0.3 is 5.97 Å². The molecule has 1 aliphatic rings. The molecule has 3 aromatic rings. The molecule has 1 aliphatic heterocycles. The highest BCUT2D eigenvalue weighted by Crippen LogP contribution is 2.45. The van der Waals surface area contributed by atoms with Gasteiger partial charge < -0.3 is 9.84 Å². The molecule has 0 bridgehead atoms. The Labute approximate surface area is 146 Å². The van der Waals surface area contributed by atoms with Crippen LogP contribution in [-0.4, -0.2) is 22.2 Å². The van der Waals surface area contributed by atoms with Crippen molar-refractivity contribution >= 4 is 16.9 Å². The molecule has 4 heteroatoms. The first-order valence-corrected chi connectivity index (χ1v) is 8.37. The van der Waals surface area contributed by atoms with Gasteiger partial charge in [0.25, 0.3) is 0 Å². The van der Waals surface area contributed by atoms with E-state index in [1.165, 1.54) is 0 Å². The van der Waals surface area contributed by atoms with Crippen molar-refractivity contribution in [1.82, 2.24) is 4.98 Å². The van der Waals surface area contributed by atoms with Gasteiger partial charge in [-0.2, -0.15) is 0 Å². The summed E-state index contributed by atoms with van der Waals surface area (Å²) in [5.74, 6) is -0.643. The van der Waals surface area contributed by atoms with Crippen LogP contribution < -0.4 is 4.74 Å². The molecule has 0 aliphatic carbocycles. The van der Waals surface area contributed by atoms with Gasteiger partial charge in [-0.3, -0.25) is 0 Å². The van der Waals surface area contributed by atoms with Crippen LogP contribution in [0, 0.1) is 13.8 Å². The standard InChI is InChI=1S/C21H19NO3/c1-11-9-10-15-17(21(23)24)20-19(22-18(15)12(11)2)16(13(3)25-20)14-7-5-4-6-8-14/h4-10,13,16H,1-3H3,(H,23,24). The van der Waals surface area contributed by atoms with Crippen LogP contribution in [-0.2, 0) is 0 Å². The van der Waals surface area contributed by atoms with Crippen LogP contribution in [0.25, 0.3) is 10.9 Å². The van der Waals surface area contributed by atoms with Crippen molar-refractivity contribution < 1.29 is 14.6 Å². The third-order valence-electron chi connectivity index (χ3n) is 5.10. The Morgan fingerprint density at radius 2 is 1.84 bits per heavy atom. The predicted octanol–water partition coefficient (Wildman–Crippen LogP) is 4.46. The summed E-state index contributed by atoms with van der Waals surface area (Å²) < 4.78 is 6.00. The first-order chi connectivity index (χ1) is 12.0. The number of aromatic nitrogens is 1. The maximum Gasteiger partial charge on any atom is 0.340 e. The van der Waals surface area contributed by atoms with Crippen LogP contribution in [0.4, 0.5) is 0 Å². The van der Waals surface area contributed by atoms with E-state index in [2.05, 4.69) is 0 Å². The average Bonchev–Trinajstić information content (AvgIpc) is 2.92. The summed E-state index contributed by atoms with van der Waals surface area (Å²) in [5, 5.41) is 10.5. The van der Waals surface area contributed by atoms with Crippen molar-refractivity contribution in [2.75, 3.05) is 0 Å². The third kappa shape index (κ3) is 2.29. The Balaban J connectivity index is 2.07. The molecule has 0 radical (unpaired) electrons. The molecule has 25 heavy (non-hydrogen) atoms. The Morgan fingerprint density at radius 1 is 1.12 bits per heavy atom. The smallest absolute Gasteiger partial charge is 0.340 e. The Bertz CT molecular complexity index is 995. The summed E-state index contributed by atoms with van der Waals surface area (Å²) in [5.41, 5.74) is 4.87. The normalized spacial score (nSPS) is 18.8. The number of fused-ring (bicyclic) bond motifs is 2. The zero-order valence-electron chi connectivity index (χ0n) is 14.4. The molecule has 0 spiro atoms. The summed E-state index contributed by atoms with van der Waals surface area (Å²) in [7, 11) is 0. The molecule has 0 saturated heterocycles. The van der Waals surface area contributed by atoms with E-state index >= 15 is 0 Å². The van der Waals surface area contributed by atoms with Crippen LogP contribution in [0.1, 0.15) is 45.6 Å². The SMILES string of the molecule is Cc1ccc2c(C(=O)O)c3c(nc2c1C)C(c1ccccc1)C(C)O3. The highest BCUT2D eigenvalue weighted by Gasteiger charge is 2.38. The molecule has 1 aromatic heterocycles. The summed E-state index contributed by atoms with van der Waals surface area (Å²) in [6.45, 7) is 5.96. The van der Waals surface area contributed by atoms with Crippen LogP contribution in [0.15, 0.2) is 42.5 Å². The topological polar surface area (TPSA) is 59.4 Å². The Kier molecular flexibility index (Phi) is 3.49. The molecule has 2 unspecified atom stereocenters. The molecule has 1 N–H and O–H groups in total. The second kappa shape index (κ2) is 5.59. The monoisotopic (exact) mass is 333 g/mol. The Morgan fingerprint density at radius 3 is 2.52 bits per heavy atom. The molecule has 0 fully saturated rings. The van der Waals surface area contributed by atoms with Crippen LogP contribution in [0.5, 0.6) is 5.75 Å². The number of carboxylic acids is 1. The van der Waals surface area contributed by atoms with Gasteiger partial charge in [0.1, 0.15) is 11.7 Å². The fourth-order valence-corrected chi connectivity index (χ4v) is 3.68. The van der Waals surface area contributed by atoms with E-state index in [-0.39, 0.29) is 17.6 Å². The second-order valence-electron chi connectivity index (χ2n) is 6.62. The lowest BCUT2D eigenvalue weighted by Gasteiger charge is -2.15. The van der Waals surface area contributed by atoms with Crippen molar-refractivity contribution in [3.8, 4) is 5.75 Å². The van der Waals surface area contributed by atoms with E-state index in [1.807, 2.05) is 63.2 Å². The minimum atomic E-state index is -0.979. The fraction of sp³-hybridized carbons (Fsp3) is 0.238. The van der Waals surface area contributed by atoms with E-state index in [0.29, 0.717) is 11.1 Å². The fourth-order valence-electron chi connectivity index (χ4n) is 3.68. The summed E-state index contributed by atoms with van der Waals surface area (Å²) in [6.07, 6.45) is -0.166. The quantitative estimate of drug-likeness (QED) is 0.752. The third-order valence-corrected chi connectivity index (χ3v) is 5.10. The van der Waals surface area contributed by atoms with Crippen molar-refractivity contribution in [1.29, 1.82) is 0 Å². The van der Waals surface area contributed by atoms with Crippen LogP contribution in [0.2, 0.25) is 0 Å². The second-order valence-corrected chi connectivity index (χ2v) is 6.62. The van der Waals surface area contributed by atoms with Gasteiger partial charge in [-0.1, -0.05) is 42.5 Å². The van der Waals surface area contributed by atoms with E-state index in [0.717, 1.165) is 27.9 Å². The number of nitrogens with zero attached hydrogens (tertiary/aromatic N) is 1. The summed E-state index contributed by atoms with van der Waals surface area (Å²) >= 11 is 0. The summed E-state index contributed by atoms with van der Waals surface area (Å²) in [6, 6.07) is 13.8. The van der Waals surface area contributed by atoms with E-state index in [4.69, 9.17) is 9.72 Å². The lowest BCUT2D eigenvalue weighted by atomic mass is 9.90. The first kappa shape index (κ1) is 15.6. The van der Waals surface area contributed by atoms with Gasteiger partial charge in [-0.25, -0.2) is 9.78 Å². The number of aryl methyl sites for hydroxylation is 2. The molecular formula is C21H19NO3. The van der Waals surface area contributed by atoms with Gasteiger partial charge in [0.05, 0.1) is 17.1 Å². The number of aromatic carboxylic acids is 1. The molecule has 0 amide bonds. The van der Waals surface area contributed by atoms with Crippen LogP contribution >= 0.6 is 0 Å². The van der Waals surface area contributed by atoms with E-state index in [1.54, 1.807) is 0 Å². The van der Waals surface area contributed by atoms with E-state index < -0.39 is 5.97 Å². The lowest BCUT2D eigenvalue weighted by molar-refractivity contribution is 0.0694. The van der Waals surface area contributed by atoms with Crippen molar-refractivity contribution in [2.45, 2.75) is 32.8 Å². The van der Waals surface area contributed by atoms with E-state index in [9.17, 15) is 9.90 Å². The molecule has 4 rings (SSSR count). The maximum absolute atomic E-state index is 12.0. The number of pyridine rings is 1. The number of carboxylic acid groups (broad SMARTS) is 1. The largest absolute Gasteiger partial charge is 0.487 e. The maximum atomic E-state index is 12.0. The van der Waals surface area contributed by atoms with Gasteiger partial charge in [-0.15, -0.1) is 0 Å². The number of hydrogen-bond acceptors (Lipinski definition) is 3. The molecule has 0 saturated carbocycles. The first-order valence-electron chi connectivity index (χ1n) is 8.37. The minimum absolute atomic E-state index is 0.0707. The molecule has 2 atom stereocenters. The molecular weight excluding hydrogens is 314 g/mol. The molecule has 2 heterocycles. The highest BCUT2D eigenvalue weighted by molar-refractivity contribution is 6.06. The number of benzene rings is 2. The van der Waals surface area contributed by atoms with Crippen molar-refractivity contribution in [3.63, 3.8) is 0 Å². The molecule has 2 aromatic carbocycles. The zero-order valence-corrected chi connectivity index (χ0v) is 14.4. The number of ether oxygens (including phenoxy) is 1. The van der Waals surface area contributed by atoms with Gasteiger partial charge in [0, 0.05) is 5.39 Å². The lowest BCUT2D eigenvalue weighted by Crippen LogP contribution is -2.15. The van der Waals surface area contributed by atoms with Gasteiger partial charge in [-0.05, 0) is 37.5 Å². The number of hydrogen-bond donors (Lipinski definition) is 1. The summed E-state index contributed by atoms with van der Waals surface area (Å²) in [4.78, 5) is 16.9. The molecule has 4 nitrogen and oxygen atoms in total. The number of rotatable bonds is 2. The van der Waals surface area contributed by atoms with Gasteiger partial charge in [0.15, 0.2) is 5.75 Å². The van der Waals surface area contributed by atoms with Gasteiger partial charge in [0.2, 0.25) is 0 Å². The number of carbonyl (C=O) groups is 1. The minimum Gasteiger partial charge on any atom is -0.487 e. The Hall–Kier alpha value is -2.88. The van der Waals surface area contributed by atoms with Crippen molar-refractivity contribution in [2.24, 2.45) is 0 Å².